The van der Waals surface area contributed by atoms with Gasteiger partial charge < -0.3 is 0 Å². The Hall–Kier alpha value is 0.1000. The standard InChI is InChI=1S/C11H8Br2ClNS/c12-8-6-10(16-11(8)13)9(14)5-7-1-3-15-4-2-7/h1-4,6,9H,5H2. The molecule has 0 saturated carbocycles. The largest absolute Gasteiger partial charge is 0.265 e. The van der Waals surface area contributed by atoms with Gasteiger partial charge in [0.25, 0.3) is 0 Å². The van der Waals surface area contributed by atoms with Crippen LogP contribution in [-0.4, -0.2) is 4.98 Å². The molecule has 2 aromatic heterocycles. The number of hydrogen-bond donors (Lipinski definition) is 0. The highest BCUT2D eigenvalue weighted by molar-refractivity contribution is 9.13. The molecule has 0 aliphatic rings. The van der Waals surface area contributed by atoms with E-state index in [1.54, 1.807) is 23.7 Å². The van der Waals surface area contributed by atoms with Gasteiger partial charge in [0.1, 0.15) is 0 Å². The molecule has 2 heterocycles. The lowest BCUT2D eigenvalue weighted by Crippen LogP contribution is -1.93. The molecule has 2 aromatic rings. The first-order valence-corrected chi connectivity index (χ1v) is 7.48. The van der Waals surface area contributed by atoms with Crippen molar-refractivity contribution in [3.63, 3.8) is 0 Å². The van der Waals surface area contributed by atoms with Crippen LogP contribution < -0.4 is 0 Å². The van der Waals surface area contributed by atoms with E-state index in [9.17, 15) is 0 Å². The smallest absolute Gasteiger partial charge is 0.0843 e. The first-order valence-electron chi connectivity index (χ1n) is 4.64. The van der Waals surface area contributed by atoms with Gasteiger partial charge in [0.2, 0.25) is 0 Å². The molecule has 2 rings (SSSR count). The van der Waals surface area contributed by atoms with Crippen molar-refractivity contribution in [2.45, 2.75) is 11.8 Å². The molecule has 84 valence electrons. The van der Waals surface area contributed by atoms with Crippen molar-refractivity contribution >= 4 is 54.8 Å². The molecule has 1 nitrogen and oxygen atoms in total. The van der Waals surface area contributed by atoms with Crippen LogP contribution in [0.4, 0.5) is 0 Å². The van der Waals surface area contributed by atoms with E-state index in [1.165, 1.54) is 5.56 Å². The lowest BCUT2D eigenvalue weighted by Gasteiger charge is -2.06. The van der Waals surface area contributed by atoms with Crippen molar-refractivity contribution in [1.82, 2.24) is 4.98 Å². The molecule has 0 fully saturated rings. The van der Waals surface area contributed by atoms with Gasteiger partial charge in [0.05, 0.1) is 9.16 Å². The molecule has 16 heavy (non-hydrogen) atoms. The van der Waals surface area contributed by atoms with Crippen LogP contribution in [0.2, 0.25) is 0 Å². The topological polar surface area (TPSA) is 12.9 Å². The number of rotatable bonds is 3. The van der Waals surface area contributed by atoms with Gasteiger partial charge >= 0.3 is 0 Å². The number of alkyl halides is 1. The van der Waals surface area contributed by atoms with Gasteiger partial charge in [0, 0.05) is 21.7 Å². The van der Waals surface area contributed by atoms with E-state index < -0.39 is 0 Å². The van der Waals surface area contributed by atoms with Gasteiger partial charge in [-0.3, -0.25) is 4.98 Å². The fourth-order valence-corrected chi connectivity index (χ4v) is 3.79. The Balaban J connectivity index is 2.11. The monoisotopic (exact) mass is 379 g/mol. The lowest BCUT2D eigenvalue weighted by molar-refractivity contribution is 0.935. The van der Waals surface area contributed by atoms with Crippen LogP contribution in [0.15, 0.2) is 38.9 Å². The summed E-state index contributed by atoms with van der Waals surface area (Å²) < 4.78 is 2.15. The van der Waals surface area contributed by atoms with E-state index in [-0.39, 0.29) is 5.38 Å². The van der Waals surface area contributed by atoms with E-state index in [2.05, 4.69) is 42.9 Å². The van der Waals surface area contributed by atoms with Gasteiger partial charge in [-0.25, -0.2) is 0 Å². The van der Waals surface area contributed by atoms with E-state index in [1.807, 2.05) is 12.1 Å². The third-order valence-electron chi connectivity index (χ3n) is 2.14. The Labute approximate surface area is 120 Å². The van der Waals surface area contributed by atoms with Crippen LogP contribution in [0.1, 0.15) is 15.8 Å². The second-order valence-electron chi connectivity index (χ2n) is 3.30. The van der Waals surface area contributed by atoms with Gasteiger partial charge in [-0.05, 0) is 62.0 Å². The molecule has 0 bridgehead atoms. The van der Waals surface area contributed by atoms with Crippen molar-refractivity contribution in [2.75, 3.05) is 0 Å². The molecule has 1 unspecified atom stereocenters. The second kappa shape index (κ2) is 5.63. The molecular formula is C11H8Br2ClNS. The van der Waals surface area contributed by atoms with Crippen LogP contribution >= 0.6 is 54.8 Å². The third kappa shape index (κ3) is 3.06. The lowest BCUT2D eigenvalue weighted by atomic mass is 10.1. The summed E-state index contributed by atoms with van der Waals surface area (Å²) in [6, 6.07) is 6.05. The summed E-state index contributed by atoms with van der Waals surface area (Å²) >= 11 is 15.0. The fourth-order valence-electron chi connectivity index (χ4n) is 1.34. The predicted molar refractivity (Wildman–Crippen MR) is 76.3 cm³/mol. The summed E-state index contributed by atoms with van der Waals surface area (Å²) in [4.78, 5) is 5.15. The zero-order valence-corrected chi connectivity index (χ0v) is 12.9. The molecule has 0 radical (unpaired) electrons. The van der Waals surface area contributed by atoms with Crippen LogP contribution in [0.25, 0.3) is 0 Å². The highest BCUT2D eigenvalue weighted by Crippen LogP contribution is 2.38. The quantitative estimate of drug-likeness (QED) is 0.667. The summed E-state index contributed by atoms with van der Waals surface area (Å²) in [6.07, 6.45) is 4.40. The zero-order valence-electron chi connectivity index (χ0n) is 8.16. The first-order chi connectivity index (χ1) is 7.66. The Morgan fingerprint density at radius 1 is 1.31 bits per heavy atom. The molecule has 0 aliphatic heterocycles. The number of pyridine rings is 1. The summed E-state index contributed by atoms with van der Waals surface area (Å²) in [5, 5.41) is 0.00926. The van der Waals surface area contributed by atoms with Crippen molar-refractivity contribution in [1.29, 1.82) is 0 Å². The molecule has 0 N–H and O–H groups in total. The molecule has 0 aliphatic carbocycles. The average molecular weight is 382 g/mol. The van der Waals surface area contributed by atoms with Crippen molar-refractivity contribution in [2.24, 2.45) is 0 Å². The minimum atomic E-state index is 0.00926. The Morgan fingerprint density at radius 3 is 2.56 bits per heavy atom. The van der Waals surface area contributed by atoms with Gasteiger partial charge in [-0.1, -0.05) is 0 Å². The van der Waals surface area contributed by atoms with E-state index in [0.29, 0.717) is 0 Å². The Bertz CT molecular complexity index is 453. The van der Waals surface area contributed by atoms with Gasteiger partial charge in [-0.2, -0.15) is 0 Å². The fraction of sp³-hybridized carbons (Fsp3) is 0.182. The van der Waals surface area contributed by atoms with Crippen molar-refractivity contribution in [3.8, 4) is 0 Å². The van der Waals surface area contributed by atoms with Crippen LogP contribution in [0.3, 0.4) is 0 Å². The SMILES string of the molecule is ClC(Cc1ccncc1)c1cc(Br)c(Br)s1. The maximum absolute atomic E-state index is 6.37. The van der Waals surface area contributed by atoms with Gasteiger partial charge in [0.15, 0.2) is 0 Å². The molecule has 0 aromatic carbocycles. The van der Waals surface area contributed by atoms with E-state index in [4.69, 9.17) is 11.6 Å². The Morgan fingerprint density at radius 2 is 2.00 bits per heavy atom. The van der Waals surface area contributed by atoms with Crippen molar-refractivity contribution in [3.05, 3.63) is 49.3 Å². The predicted octanol–water partition coefficient (Wildman–Crippen LogP) is 5.19. The molecule has 0 amide bonds. The summed E-state index contributed by atoms with van der Waals surface area (Å²) in [7, 11) is 0. The minimum absolute atomic E-state index is 0.00926. The third-order valence-corrected chi connectivity index (χ3v) is 6.03. The molecule has 5 heteroatoms. The normalized spacial score (nSPS) is 12.7. The van der Waals surface area contributed by atoms with Crippen LogP contribution in [0.5, 0.6) is 0 Å². The summed E-state index contributed by atoms with van der Waals surface area (Å²) in [5.74, 6) is 0. The maximum atomic E-state index is 6.37. The molecular weight excluding hydrogens is 373 g/mol. The number of aromatic nitrogens is 1. The molecule has 0 spiro atoms. The summed E-state index contributed by atoms with van der Waals surface area (Å²) in [6.45, 7) is 0. The Kier molecular flexibility index (Phi) is 4.41. The highest BCUT2D eigenvalue weighted by atomic mass is 79.9. The van der Waals surface area contributed by atoms with E-state index >= 15 is 0 Å². The number of nitrogens with zero attached hydrogens (tertiary/aromatic N) is 1. The van der Waals surface area contributed by atoms with Crippen molar-refractivity contribution < 1.29 is 0 Å². The number of halogens is 3. The number of hydrogen-bond acceptors (Lipinski definition) is 2. The molecule has 1 atom stereocenters. The maximum Gasteiger partial charge on any atom is 0.0843 e. The number of thiophene rings is 1. The average Bonchev–Trinajstić information content (AvgIpc) is 2.61. The first kappa shape index (κ1) is 12.6. The van der Waals surface area contributed by atoms with Crippen LogP contribution in [0, 0.1) is 0 Å². The van der Waals surface area contributed by atoms with E-state index in [0.717, 1.165) is 19.6 Å². The minimum Gasteiger partial charge on any atom is -0.265 e. The second-order valence-corrected chi connectivity index (χ2v) is 7.08. The summed E-state index contributed by atoms with van der Waals surface area (Å²) in [5.41, 5.74) is 1.20. The van der Waals surface area contributed by atoms with Crippen LogP contribution in [-0.2, 0) is 6.42 Å². The zero-order chi connectivity index (χ0) is 11.5. The highest BCUT2D eigenvalue weighted by Gasteiger charge is 2.13. The van der Waals surface area contributed by atoms with Gasteiger partial charge in [-0.15, -0.1) is 22.9 Å². The molecule has 0 saturated heterocycles.